The number of hydrogen-bond acceptors (Lipinski definition) is 5. The van der Waals surface area contributed by atoms with E-state index in [4.69, 9.17) is 4.42 Å². The predicted molar refractivity (Wildman–Crippen MR) is 136 cm³/mol. The lowest BCUT2D eigenvalue weighted by Gasteiger charge is -2.33. The standard InChI is InChI=1S/C28H32N4O4/c1-19-12-13-23(16-20(19)2)32(25(33)18-30-27(34)24-11-7-15-36-24)26(21-8-6-14-29-17-21)28(35)31-22-9-4-3-5-10-22/h6-8,11-17,22,26H,3-5,9-10,18H2,1-2H3,(H,30,34)(H,31,35)/t26-/m1/s1. The van der Waals surface area contributed by atoms with E-state index in [0.717, 1.165) is 36.8 Å². The van der Waals surface area contributed by atoms with Gasteiger partial charge in [-0.15, -0.1) is 0 Å². The number of pyridine rings is 1. The molecule has 8 heteroatoms. The van der Waals surface area contributed by atoms with Gasteiger partial charge in [0.2, 0.25) is 11.8 Å². The largest absolute Gasteiger partial charge is 0.459 e. The number of carbonyl (C=O) groups is 3. The van der Waals surface area contributed by atoms with Crippen LogP contribution in [0, 0.1) is 13.8 Å². The van der Waals surface area contributed by atoms with Crippen molar-refractivity contribution in [1.29, 1.82) is 0 Å². The summed E-state index contributed by atoms with van der Waals surface area (Å²) in [4.78, 5) is 45.6. The molecule has 2 heterocycles. The van der Waals surface area contributed by atoms with Crippen molar-refractivity contribution in [3.8, 4) is 0 Å². The number of aromatic nitrogens is 1. The molecule has 0 saturated heterocycles. The second-order valence-electron chi connectivity index (χ2n) is 9.22. The Kier molecular flexibility index (Phi) is 8.15. The van der Waals surface area contributed by atoms with Gasteiger partial charge >= 0.3 is 0 Å². The normalized spacial score (nSPS) is 14.6. The highest BCUT2D eigenvalue weighted by Gasteiger charge is 2.34. The summed E-state index contributed by atoms with van der Waals surface area (Å²) in [6.45, 7) is 3.64. The lowest BCUT2D eigenvalue weighted by atomic mass is 9.94. The molecule has 3 amide bonds. The molecule has 2 N–H and O–H groups in total. The molecular weight excluding hydrogens is 456 g/mol. The highest BCUT2D eigenvalue weighted by atomic mass is 16.3. The topological polar surface area (TPSA) is 105 Å². The number of furan rings is 1. The third-order valence-corrected chi connectivity index (χ3v) is 6.64. The molecular formula is C28H32N4O4. The van der Waals surface area contributed by atoms with Crippen LogP contribution in [0.1, 0.15) is 65.4 Å². The first-order chi connectivity index (χ1) is 17.4. The van der Waals surface area contributed by atoms with Crippen LogP contribution >= 0.6 is 0 Å². The molecule has 8 nitrogen and oxygen atoms in total. The third-order valence-electron chi connectivity index (χ3n) is 6.64. The van der Waals surface area contributed by atoms with E-state index in [2.05, 4.69) is 15.6 Å². The summed E-state index contributed by atoms with van der Waals surface area (Å²) in [5, 5.41) is 5.79. The Labute approximate surface area is 211 Å². The van der Waals surface area contributed by atoms with Crippen molar-refractivity contribution in [3.63, 3.8) is 0 Å². The molecule has 3 aromatic rings. The molecule has 36 heavy (non-hydrogen) atoms. The van der Waals surface area contributed by atoms with E-state index in [1.54, 1.807) is 30.6 Å². The fraction of sp³-hybridized carbons (Fsp3) is 0.357. The van der Waals surface area contributed by atoms with E-state index in [1.165, 1.54) is 23.7 Å². The molecule has 1 atom stereocenters. The minimum Gasteiger partial charge on any atom is -0.459 e. The predicted octanol–water partition coefficient (Wildman–Crippen LogP) is 4.24. The maximum Gasteiger partial charge on any atom is 0.287 e. The van der Waals surface area contributed by atoms with Crippen LogP contribution in [0.5, 0.6) is 0 Å². The second-order valence-corrected chi connectivity index (χ2v) is 9.22. The van der Waals surface area contributed by atoms with Gasteiger partial charge in [-0.1, -0.05) is 31.4 Å². The fourth-order valence-corrected chi connectivity index (χ4v) is 4.53. The Morgan fingerprint density at radius 1 is 1.06 bits per heavy atom. The maximum atomic E-state index is 13.8. The van der Waals surface area contributed by atoms with Crippen LogP contribution in [0.25, 0.3) is 0 Å². The van der Waals surface area contributed by atoms with Gasteiger partial charge in [0.25, 0.3) is 5.91 Å². The van der Waals surface area contributed by atoms with Crippen molar-refractivity contribution in [1.82, 2.24) is 15.6 Å². The number of anilines is 1. The van der Waals surface area contributed by atoms with E-state index in [0.29, 0.717) is 11.3 Å². The monoisotopic (exact) mass is 488 g/mol. The molecule has 0 unspecified atom stereocenters. The van der Waals surface area contributed by atoms with Crippen LogP contribution in [0.2, 0.25) is 0 Å². The van der Waals surface area contributed by atoms with Gasteiger partial charge in [-0.25, -0.2) is 0 Å². The van der Waals surface area contributed by atoms with E-state index >= 15 is 0 Å². The van der Waals surface area contributed by atoms with Crippen LogP contribution in [0.15, 0.2) is 65.5 Å². The molecule has 1 fully saturated rings. The van der Waals surface area contributed by atoms with Gasteiger partial charge in [0.1, 0.15) is 6.04 Å². The Hall–Kier alpha value is -3.94. The van der Waals surface area contributed by atoms with Crippen LogP contribution < -0.4 is 15.5 Å². The minimum atomic E-state index is -0.948. The van der Waals surface area contributed by atoms with Crippen LogP contribution in [0.4, 0.5) is 5.69 Å². The number of rotatable bonds is 8. The minimum absolute atomic E-state index is 0.0702. The molecule has 2 aromatic heterocycles. The molecule has 0 aliphatic heterocycles. The van der Waals surface area contributed by atoms with Crippen molar-refractivity contribution in [3.05, 3.63) is 83.6 Å². The SMILES string of the molecule is Cc1ccc(N(C(=O)CNC(=O)c2ccco2)[C@@H](C(=O)NC2CCCCC2)c2cccnc2)cc1C. The summed E-state index contributed by atoms with van der Waals surface area (Å²) in [7, 11) is 0. The van der Waals surface area contributed by atoms with Gasteiger partial charge in [-0.05, 0) is 68.1 Å². The highest BCUT2D eigenvalue weighted by molar-refractivity contribution is 6.04. The van der Waals surface area contributed by atoms with Gasteiger partial charge in [0, 0.05) is 29.7 Å². The summed E-state index contributed by atoms with van der Waals surface area (Å²) in [5.41, 5.74) is 3.22. The van der Waals surface area contributed by atoms with Gasteiger partial charge in [0.15, 0.2) is 5.76 Å². The highest BCUT2D eigenvalue weighted by Crippen LogP contribution is 2.30. The Morgan fingerprint density at radius 2 is 1.86 bits per heavy atom. The van der Waals surface area contributed by atoms with E-state index < -0.39 is 17.9 Å². The van der Waals surface area contributed by atoms with Gasteiger partial charge < -0.3 is 15.1 Å². The molecule has 1 aliphatic rings. The van der Waals surface area contributed by atoms with Crippen LogP contribution in [-0.4, -0.2) is 35.3 Å². The maximum absolute atomic E-state index is 13.8. The lowest BCUT2D eigenvalue weighted by molar-refractivity contribution is -0.127. The summed E-state index contributed by atoms with van der Waals surface area (Å²) in [5.74, 6) is -1.08. The Morgan fingerprint density at radius 3 is 2.53 bits per heavy atom. The first kappa shape index (κ1) is 25.2. The first-order valence-corrected chi connectivity index (χ1v) is 12.4. The molecule has 4 rings (SSSR count). The summed E-state index contributed by atoms with van der Waals surface area (Å²) in [6, 6.07) is 11.4. The molecule has 0 bridgehead atoms. The molecule has 0 spiro atoms. The van der Waals surface area contributed by atoms with E-state index in [9.17, 15) is 14.4 Å². The zero-order valence-corrected chi connectivity index (χ0v) is 20.7. The lowest BCUT2D eigenvalue weighted by Crippen LogP contribution is -2.49. The first-order valence-electron chi connectivity index (χ1n) is 12.4. The Bertz CT molecular complexity index is 1190. The van der Waals surface area contributed by atoms with E-state index in [1.807, 2.05) is 32.0 Å². The molecule has 1 saturated carbocycles. The zero-order valence-electron chi connectivity index (χ0n) is 20.7. The number of benzene rings is 1. The van der Waals surface area contributed by atoms with Gasteiger partial charge in [0.05, 0.1) is 12.8 Å². The number of carbonyl (C=O) groups excluding carboxylic acids is 3. The van der Waals surface area contributed by atoms with Crippen molar-refractivity contribution in [2.75, 3.05) is 11.4 Å². The van der Waals surface area contributed by atoms with Crippen molar-refractivity contribution < 1.29 is 18.8 Å². The molecule has 188 valence electrons. The van der Waals surface area contributed by atoms with Crippen LogP contribution in [-0.2, 0) is 9.59 Å². The molecule has 1 aromatic carbocycles. The third kappa shape index (κ3) is 6.00. The van der Waals surface area contributed by atoms with Crippen molar-refractivity contribution in [2.24, 2.45) is 0 Å². The van der Waals surface area contributed by atoms with Crippen molar-refractivity contribution >= 4 is 23.4 Å². The zero-order chi connectivity index (χ0) is 25.5. The quantitative estimate of drug-likeness (QED) is 0.493. The average Bonchev–Trinajstić information content (AvgIpc) is 3.44. The smallest absolute Gasteiger partial charge is 0.287 e. The number of nitrogens with zero attached hydrogens (tertiary/aromatic N) is 2. The summed E-state index contributed by atoms with van der Waals surface area (Å²) < 4.78 is 5.13. The van der Waals surface area contributed by atoms with E-state index in [-0.39, 0.29) is 24.3 Å². The second kappa shape index (κ2) is 11.7. The average molecular weight is 489 g/mol. The van der Waals surface area contributed by atoms with Crippen LogP contribution in [0.3, 0.4) is 0 Å². The number of amides is 3. The Balaban J connectivity index is 1.68. The number of nitrogens with one attached hydrogen (secondary N) is 2. The van der Waals surface area contributed by atoms with Gasteiger partial charge in [-0.2, -0.15) is 0 Å². The van der Waals surface area contributed by atoms with Gasteiger partial charge in [-0.3, -0.25) is 24.3 Å². The molecule has 0 radical (unpaired) electrons. The van der Waals surface area contributed by atoms with Crippen molar-refractivity contribution in [2.45, 2.75) is 58.0 Å². The molecule has 1 aliphatic carbocycles. The summed E-state index contributed by atoms with van der Waals surface area (Å²) >= 11 is 0. The summed E-state index contributed by atoms with van der Waals surface area (Å²) in [6.07, 6.45) is 9.78. The number of aryl methyl sites for hydroxylation is 2. The number of hydrogen-bond donors (Lipinski definition) is 2. The fourth-order valence-electron chi connectivity index (χ4n) is 4.53.